The summed E-state index contributed by atoms with van der Waals surface area (Å²) in [5.74, 6) is -0.312. The molecule has 0 radical (unpaired) electrons. The highest BCUT2D eigenvalue weighted by Gasteiger charge is 2.13. The molecule has 0 aliphatic rings. The molecule has 0 spiro atoms. The number of hydrogen-bond donors (Lipinski definition) is 0. The lowest BCUT2D eigenvalue weighted by Crippen LogP contribution is -2.15. The van der Waals surface area contributed by atoms with Crippen molar-refractivity contribution < 1.29 is 14.3 Å². The van der Waals surface area contributed by atoms with Crippen molar-refractivity contribution in [3.05, 3.63) is 34.3 Å². The van der Waals surface area contributed by atoms with Gasteiger partial charge in [0.2, 0.25) is 0 Å². The average molecular weight is 369 g/mol. The molecular formula is C18H25BrO3. The number of unbranched alkanes of at least 4 members (excludes halogenated alkanes) is 3. The fourth-order valence-electron chi connectivity index (χ4n) is 2.20. The lowest BCUT2D eigenvalue weighted by atomic mass is 10.1. The minimum Gasteiger partial charge on any atom is -0.463 e. The summed E-state index contributed by atoms with van der Waals surface area (Å²) in [4.78, 5) is 23.7. The van der Waals surface area contributed by atoms with E-state index in [-0.39, 0.29) is 30.7 Å². The molecule has 3 nitrogen and oxygen atoms in total. The van der Waals surface area contributed by atoms with Crippen molar-refractivity contribution in [1.29, 1.82) is 0 Å². The molecule has 1 unspecified atom stereocenters. The smallest absolute Gasteiger partial charge is 0.306 e. The maximum absolute atomic E-state index is 12.0. The summed E-state index contributed by atoms with van der Waals surface area (Å²) in [6, 6.07) is 7.16. The standard InChI is InChI=1S/C18H25BrO3/c1-3-4-5-6-7-14(2)22-18(21)13-12-17(20)15-8-10-16(19)11-9-15/h8-11,14H,3-7,12-13H2,1-2H3. The molecule has 0 fully saturated rings. The zero-order valence-electron chi connectivity index (χ0n) is 13.4. The van der Waals surface area contributed by atoms with Crippen LogP contribution in [0.1, 0.15) is 69.2 Å². The molecule has 1 atom stereocenters. The van der Waals surface area contributed by atoms with Gasteiger partial charge in [-0.3, -0.25) is 9.59 Å². The van der Waals surface area contributed by atoms with E-state index in [1.165, 1.54) is 19.3 Å². The number of carbonyl (C=O) groups excluding carboxylic acids is 2. The van der Waals surface area contributed by atoms with Gasteiger partial charge in [0.15, 0.2) is 5.78 Å². The Kier molecular flexibility index (Phi) is 9.05. The maximum atomic E-state index is 12.0. The third kappa shape index (κ3) is 7.74. The second-order valence-electron chi connectivity index (χ2n) is 5.58. The molecule has 0 aliphatic carbocycles. The van der Waals surface area contributed by atoms with Crippen molar-refractivity contribution in [3.8, 4) is 0 Å². The molecule has 0 saturated carbocycles. The third-order valence-corrected chi connectivity index (χ3v) is 4.05. The molecule has 1 aromatic rings. The molecule has 0 N–H and O–H groups in total. The molecule has 0 heterocycles. The third-order valence-electron chi connectivity index (χ3n) is 3.52. The number of esters is 1. The van der Waals surface area contributed by atoms with E-state index < -0.39 is 0 Å². The molecule has 0 aromatic heterocycles. The number of ether oxygens (including phenoxy) is 1. The Morgan fingerprint density at radius 3 is 2.41 bits per heavy atom. The highest BCUT2D eigenvalue weighted by molar-refractivity contribution is 9.10. The SMILES string of the molecule is CCCCCCC(C)OC(=O)CCC(=O)c1ccc(Br)cc1. The first-order valence-corrected chi connectivity index (χ1v) is 8.80. The average Bonchev–Trinajstić information content (AvgIpc) is 2.50. The van der Waals surface area contributed by atoms with Crippen molar-refractivity contribution in [1.82, 2.24) is 0 Å². The van der Waals surface area contributed by atoms with E-state index >= 15 is 0 Å². The van der Waals surface area contributed by atoms with Crippen LogP contribution in [0, 0.1) is 0 Å². The Morgan fingerprint density at radius 1 is 1.09 bits per heavy atom. The number of Topliss-reactive ketones (excluding diaryl/α,β-unsaturated/α-hetero) is 1. The summed E-state index contributed by atoms with van der Waals surface area (Å²) in [5, 5.41) is 0. The first-order chi connectivity index (χ1) is 10.5. The van der Waals surface area contributed by atoms with E-state index in [4.69, 9.17) is 4.74 Å². The number of halogens is 1. The molecule has 22 heavy (non-hydrogen) atoms. The van der Waals surface area contributed by atoms with Crippen LogP contribution in [0.2, 0.25) is 0 Å². The summed E-state index contributed by atoms with van der Waals surface area (Å²) >= 11 is 3.33. The van der Waals surface area contributed by atoms with Crippen LogP contribution in [0.4, 0.5) is 0 Å². The van der Waals surface area contributed by atoms with E-state index in [1.54, 1.807) is 12.1 Å². The Bertz CT molecular complexity index is 468. The van der Waals surface area contributed by atoms with Gasteiger partial charge in [-0.05, 0) is 31.9 Å². The van der Waals surface area contributed by atoms with Gasteiger partial charge in [-0.25, -0.2) is 0 Å². The number of carbonyl (C=O) groups is 2. The second kappa shape index (κ2) is 10.5. The van der Waals surface area contributed by atoms with E-state index in [0.717, 1.165) is 17.3 Å². The number of hydrogen-bond acceptors (Lipinski definition) is 3. The van der Waals surface area contributed by atoms with Crippen molar-refractivity contribution in [2.24, 2.45) is 0 Å². The summed E-state index contributed by atoms with van der Waals surface area (Å²) in [6.07, 6.45) is 5.87. The van der Waals surface area contributed by atoms with E-state index in [9.17, 15) is 9.59 Å². The summed E-state index contributed by atoms with van der Waals surface area (Å²) in [6.45, 7) is 4.09. The topological polar surface area (TPSA) is 43.4 Å². The molecule has 0 saturated heterocycles. The van der Waals surface area contributed by atoms with Crippen molar-refractivity contribution in [2.45, 2.75) is 64.9 Å². The monoisotopic (exact) mass is 368 g/mol. The summed E-state index contributed by atoms with van der Waals surface area (Å²) in [7, 11) is 0. The normalized spacial score (nSPS) is 12.0. The van der Waals surface area contributed by atoms with Gasteiger partial charge in [0, 0.05) is 16.5 Å². The summed E-state index contributed by atoms with van der Waals surface area (Å²) < 4.78 is 6.27. The zero-order chi connectivity index (χ0) is 16.4. The Balaban J connectivity index is 2.24. The molecular weight excluding hydrogens is 344 g/mol. The van der Waals surface area contributed by atoms with Crippen molar-refractivity contribution >= 4 is 27.7 Å². The fourth-order valence-corrected chi connectivity index (χ4v) is 2.46. The van der Waals surface area contributed by atoms with Gasteiger partial charge in [0.25, 0.3) is 0 Å². The molecule has 122 valence electrons. The maximum Gasteiger partial charge on any atom is 0.306 e. The Morgan fingerprint density at radius 2 is 1.77 bits per heavy atom. The minimum absolute atomic E-state index is 0.0277. The van der Waals surface area contributed by atoms with Crippen LogP contribution in [0.25, 0.3) is 0 Å². The van der Waals surface area contributed by atoms with Gasteiger partial charge >= 0.3 is 5.97 Å². The quantitative estimate of drug-likeness (QED) is 0.319. The fraction of sp³-hybridized carbons (Fsp3) is 0.556. The number of ketones is 1. The predicted molar refractivity (Wildman–Crippen MR) is 92.0 cm³/mol. The van der Waals surface area contributed by atoms with Crippen LogP contribution in [0.5, 0.6) is 0 Å². The lowest BCUT2D eigenvalue weighted by molar-refractivity contribution is -0.148. The van der Waals surface area contributed by atoms with E-state index in [2.05, 4.69) is 22.9 Å². The molecule has 1 rings (SSSR count). The van der Waals surface area contributed by atoms with Crippen LogP contribution in [0.3, 0.4) is 0 Å². The zero-order valence-corrected chi connectivity index (χ0v) is 15.0. The van der Waals surface area contributed by atoms with Crippen LogP contribution in [-0.2, 0) is 9.53 Å². The minimum atomic E-state index is -0.284. The largest absolute Gasteiger partial charge is 0.463 e. The Labute approximate surface area is 141 Å². The number of benzene rings is 1. The number of rotatable bonds is 10. The van der Waals surface area contributed by atoms with Gasteiger partial charge in [0.1, 0.15) is 0 Å². The summed E-state index contributed by atoms with van der Waals surface area (Å²) in [5.41, 5.74) is 0.628. The van der Waals surface area contributed by atoms with E-state index in [1.807, 2.05) is 19.1 Å². The Hall–Kier alpha value is -1.16. The van der Waals surface area contributed by atoms with Gasteiger partial charge in [0.05, 0.1) is 12.5 Å². The molecule has 0 aliphatic heterocycles. The van der Waals surface area contributed by atoms with Gasteiger partial charge in [-0.1, -0.05) is 54.2 Å². The molecule has 1 aromatic carbocycles. The van der Waals surface area contributed by atoms with Crippen molar-refractivity contribution in [3.63, 3.8) is 0 Å². The second-order valence-corrected chi connectivity index (χ2v) is 6.50. The molecule has 0 amide bonds. The van der Waals surface area contributed by atoms with Crippen LogP contribution in [-0.4, -0.2) is 17.9 Å². The van der Waals surface area contributed by atoms with Crippen molar-refractivity contribution in [2.75, 3.05) is 0 Å². The molecule has 4 heteroatoms. The highest BCUT2D eigenvalue weighted by atomic mass is 79.9. The van der Waals surface area contributed by atoms with Crippen LogP contribution in [0.15, 0.2) is 28.7 Å². The van der Waals surface area contributed by atoms with Crippen LogP contribution < -0.4 is 0 Å². The molecule has 0 bridgehead atoms. The highest BCUT2D eigenvalue weighted by Crippen LogP contribution is 2.13. The van der Waals surface area contributed by atoms with Gasteiger partial charge in [-0.15, -0.1) is 0 Å². The first kappa shape index (κ1) is 18.9. The first-order valence-electron chi connectivity index (χ1n) is 8.01. The van der Waals surface area contributed by atoms with E-state index in [0.29, 0.717) is 5.56 Å². The van der Waals surface area contributed by atoms with Gasteiger partial charge in [-0.2, -0.15) is 0 Å². The lowest BCUT2D eigenvalue weighted by Gasteiger charge is -2.12. The predicted octanol–water partition coefficient (Wildman–Crippen LogP) is 5.31. The van der Waals surface area contributed by atoms with Gasteiger partial charge < -0.3 is 4.74 Å². The van der Waals surface area contributed by atoms with Crippen LogP contribution >= 0.6 is 15.9 Å².